The maximum Gasteiger partial charge on any atom is 0.266 e. The molecule has 0 saturated carbocycles. The van der Waals surface area contributed by atoms with Crippen LogP contribution in [0.4, 0.5) is 0 Å². The Morgan fingerprint density at radius 1 is 0.500 bits per heavy atom. The van der Waals surface area contributed by atoms with Gasteiger partial charge >= 0.3 is 0 Å². The summed E-state index contributed by atoms with van der Waals surface area (Å²) in [4.78, 5) is 0. The molecule has 5 heteroatoms. The van der Waals surface area contributed by atoms with E-state index in [0.717, 1.165) is 13.0 Å². The minimum atomic E-state index is -3.81. The predicted molar refractivity (Wildman–Crippen MR) is 132 cm³/mol. The fraction of sp³-hybridized carbons (Fsp3) is 1.00. The van der Waals surface area contributed by atoms with Gasteiger partial charge in [-0.3, -0.25) is 4.55 Å². The molecule has 0 saturated heterocycles. The van der Waals surface area contributed by atoms with Crippen molar-refractivity contribution in [3.8, 4) is 0 Å². The van der Waals surface area contributed by atoms with Crippen molar-refractivity contribution in [1.29, 1.82) is 0 Å². The number of unbranched alkanes of at least 4 members (excludes halogenated alkanes) is 20. The van der Waals surface area contributed by atoms with Gasteiger partial charge in [0.15, 0.2) is 0 Å². The van der Waals surface area contributed by atoms with Crippen molar-refractivity contribution in [1.82, 2.24) is 5.32 Å². The number of hydrogen-bond donors (Lipinski definition) is 2. The fourth-order valence-electron chi connectivity index (χ4n) is 4.01. The van der Waals surface area contributed by atoms with Crippen molar-refractivity contribution in [3.05, 3.63) is 0 Å². The van der Waals surface area contributed by atoms with Crippen LogP contribution in [0.1, 0.15) is 142 Å². The third kappa shape index (κ3) is 27.9. The van der Waals surface area contributed by atoms with E-state index in [1.807, 2.05) is 0 Å². The van der Waals surface area contributed by atoms with Gasteiger partial charge in [-0.1, -0.05) is 135 Å². The summed E-state index contributed by atoms with van der Waals surface area (Å²) in [7, 11) is -3.81. The predicted octanol–water partition coefficient (Wildman–Crippen LogP) is 7.68. The van der Waals surface area contributed by atoms with Crippen LogP contribution in [0.3, 0.4) is 0 Å². The summed E-state index contributed by atoms with van der Waals surface area (Å²) in [6.45, 7) is 3.47. The highest BCUT2D eigenvalue weighted by Crippen LogP contribution is 2.14. The number of rotatable bonds is 25. The van der Waals surface area contributed by atoms with Gasteiger partial charge in [0, 0.05) is 6.54 Å². The van der Waals surface area contributed by atoms with Gasteiger partial charge in [0.05, 0.1) is 5.75 Å². The van der Waals surface area contributed by atoms with Crippen LogP contribution in [-0.2, 0) is 10.1 Å². The Labute approximate surface area is 189 Å². The molecule has 0 unspecified atom stereocenters. The van der Waals surface area contributed by atoms with E-state index in [4.69, 9.17) is 4.55 Å². The van der Waals surface area contributed by atoms with Crippen molar-refractivity contribution in [2.75, 3.05) is 18.8 Å². The topological polar surface area (TPSA) is 66.4 Å². The van der Waals surface area contributed by atoms with Gasteiger partial charge in [-0.15, -0.1) is 0 Å². The zero-order chi connectivity index (χ0) is 22.2. The van der Waals surface area contributed by atoms with E-state index in [0.29, 0.717) is 6.54 Å². The molecule has 30 heavy (non-hydrogen) atoms. The van der Waals surface area contributed by atoms with Crippen molar-refractivity contribution in [2.24, 2.45) is 0 Å². The minimum absolute atomic E-state index is 0.188. The molecular formula is C25H53NO3S. The molecule has 4 nitrogen and oxygen atoms in total. The Morgan fingerprint density at radius 2 is 0.800 bits per heavy atom. The average molecular weight is 448 g/mol. The van der Waals surface area contributed by atoms with Gasteiger partial charge < -0.3 is 5.32 Å². The normalized spacial score (nSPS) is 11.9. The molecule has 0 aliphatic carbocycles. The molecule has 2 N–H and O–H groups in total. The Balaban J connectivity index is 3.03. The third-order valence-electron chi connectivity index (χ3n) is 5.99. The maximum absolute atomic E-state index is 10.6. The molecule has 0 rings (SSSR count). The third-order valence-corrected chi connectivity index (χ3v) is 6.71. The summed E-state index contributed by atoms with van der Waals surface area (Å²) in [5.41, 5.74) is 0. The first kappa shape index (κ1) is 29.9. The minimum Gasteiger partial charge on any atom is -0.316 e. The molecule has 182 valence electrons. The van der Waals surface area contributed by atoms with E-state index in [1.165, 1.54) is 128 Å². The van der Waals surface area contributed by atoms with Crippen LogP contribution >= 0.6 is 0 Å². The smallest absolute Gasteiger partial charge is 0.266 e. The van der Waals surface area contributed by atoms with Crippen LogP contribution < -0.4 is 5.32 Å². The first-order valence-electron chi connectivity index (χ1n) is 13.2. The highest BCUT2D eigenvalue weighted by molar-refractivity contribution is 7.85. The van der Waals surface area contributed by atoms with E-state index < -0.39 is 10.1 Å². The number of hydrogen-bond acceptors (Lipinski definition) is 3. The summed E-state index contributed by atoms with van der Waals surface area (Å²) in [6, 6.07) is 0. The Morgan fingerprint density at radius 3 is 1.10 bits per heavy atom. The largest absolute Gasteiger partial charge is 0.316 e. The highest BCUT2D eigenvalue weighted by atomic mass is 32.2. The first-order chi connectivity index (χ1) is 14.6. The Kier molecular flexibility index (Phi) is 23.4. The lowest BCUT2D eigenvalue weighted by molar-refractivity contribution is 0.479. The molecule has 0 heterocycles. The molecule has 0 fully saturated rings. The molecule has 0 aromatic heterocycles. The van der Waals surface area contributed by atoms with Gasteiger partial charge in [0.25, 0.3) is 10.1 Å². The van der Waals surface area contributed by atoms with Crippen LogP contribution in [0.5, 0.6) is 0 Å². The van der Waals surface area contributed by atoms with Crippen LogP contribution in [0.2, 0.25) is 0 Å². The zero-order valence-corrected chi connectivity index (χ0v) is 21.0. The first-order valence-corrected chi connectivity index (χ1v) is 14.8. The molecule has 0 bridgehead atoms. The standard InChI is InChI=1S/C25H53NO3S/c1-2-3-4-5-6-7-8-9-10-11-12-13-14-15-16-17-18-19-20-21-22-23-26-24-25-30(27,28)29/h26H,2-25H2,1H3,(H,27,28,29). The van der Waals surface area contributed by atoms with E-state index in [1.54, 1.807) is 0 Å². The van der Waals surface area contributed by atoms with E-state index >= 15 is 0 Å². The second kappa shape index (κ2) is 23.5. The highest BCUT2D eigenvalue weighted by Gasteiger charge is 2.02. The Bertz CT molecular complexity index is 426. The maximum atomic E-state index is 10.6. The van der Waals surface area contributed by atoms with Crippen molar-refractivity contribution < 1.29 is 13.0 Å². The van der Waals surface area contributed by atoms with Crippen molar-refractivity contribution in [2.45, 2.75) is 142 Å². The van der Waals surface area contributed by atoms with Gasteiger partial charge in [0.1, 0.15) is 0 Å². The summed E-state index contributed by atoms with van der Waals surface area (Å²) in [6.07, 6.45) is 29.1. The second-order valence-electron chi connectivity index (χ2n) is 9.11. The van der Waals surface area contributed by atoms with Crippen LogP contribution in [0, 0.1) is 0 Å². The summed E-state index contributed by atoms with van der Waals surface area (Å²) in [5.74, 6) is -0.188. The van der Waals surface area contributed by atoms with E-state index in [2.05, 4.69) is 12.2 Å². The van der Waals surface area contributed by atoms with Crippen LogP contribution in [0.15, 0.2) is 0 Å². The summed E-state index contributed by atoms with van der Waals surface area (Å²) < 4.78 is 29.8. The van der Waals surface area contributed by atoms with Gasteiger partial charge in [-0.25, -0.2) is 0 Å². The Hall–Kier alpha value is -0.130. The van der Waals surface area contributed by atoms with E-state index in [9.17, 15) is 8.42 Å². The van der Waals surface area contributed by atoms with Gasteiger partial charge in [-0.2, -0.15) is 8.42 Å². The lowest BCUT2D eigenvalue weighted by Crippen LogP contribution is -2.23. The number of nitrogens with one attached hydrogen (secondary N) is 1. The molecule has 0 amide bonds. The molecule has 0 radical (unpaired) electrons. The molecule has 0 aromatic rings. The average Bonchev–Trinajstić information content (AvgIpc) is 2.70. The molecule has 0 aliphatic rings. The van der Waals surface area contributed by atoms with Crippen molar-refractivity contribution in [3.63, 3.8) is 0 Å². The second-order valence-corrected chi connectivity index (χ2v) is 10.7. The van der Waals surface area contributed by atoms with Crippen LogP contribution in [0.25, 0.3) is 0 Å². The van der Waals surface area contributed by atoms with E-state index in [-0.39, 0.29) is 5.75 Å². The summed E-state index contributed by atoms with van der Waals surface area (Å²) >= 11 is 0. The van der Waals surface area contributed by atoms with Crippen molar-refractivity contribution >= 4 is 10.1 Å². The quantitative estimate of drug-likeness (QED) is 0.111. The van der Waals surface area contributed by atoms with Gasteiger partial charge in [-0.05, 0) is 13.0 Å². The molecule has 0 aliphatic heterocycles. The zero-order valence-electron chi connectivity index (χ0n) is 20.1. The molecular weight excluding hydrogens is 394 g/mol. The van der Waals surface area contributed by atoms with Gasteiger partial charge in [0.2, 0.25) is 0 Å². The van der Waals surface area contributed by atoms with Crippen LogP contribution in [-0.4, -0.2) is 31.8 Å². The molecule has 0 atom stereocenters. The monoisotopic (exact) mass is 447 g/mol. The lowest BCUT2D eigenvalue weighted by atomic mass is 10.0. The molecule has 0 aromatic carbocycles. The summed E-state index contributed by atoms with van der Waals surface area (Å²) in [5, 5.41) is 3.06. The molecule has 0 spiro atoms. The fourth-order valence-corrected chi connectivity index (χ4v) is 4.41. The lowest BCUT2D eigenvalue weighted by Gasteiger charge is -2.05. The SMILES string of the molecule is CCCCCCCCCCCCCCCCCCCCCCCNCCS(=O)(=O)O.